The maximum atomic E-state index is 9.82. The van der Waals surface area contributed by atoms with Crippen molar-refractivity contribution in [3.63, 3.8) is 0 Å². The van der Waals surface area contributed by atoms with Crippen LogP contribution in [0.25, 0.3) is 11.4 Å². The summed E-state index contributed by atoms with van der Waals surface area (Å²) in [7, 11) is 1.50. The van der Waals surface area contributed by atoms with Crippen molar-refractivity contribution in [3.05, 3.63) is 34.6 Å². The second-order valence-corrected chi connectivity index (χ2v) is 5.24. The van der Waals surface area contributed by atoms with E-state index in [-0.39, 0.29) is 11.7 Å². The van der Waals surface area contributed by atoms with Gasteiger partial charge in [0.1, 0.15) is 5.15 Å². The van der Waals surface area contributed by atoms with Gasteiger partial charge in [-0.05, 0) is 31.0 Å². The Hall–Kier alpha value is -1.81. The molecule has 0 aliphatic carbocycles. The number of rotatable bonds is 3. The van der Waals surface area contributed by atoms with E-state index in [0.717, 1.165) is 11.3 Å². The highest BCUT2D eigenvalue weighted by Gasteiger charge is 2.15. The summed E-state index contributed by atoms with van der Waals surface area (Å²) in [6.07, 6.45) is 0. The average molecular weight is 293 g/mol. The van der Waals surface area contributed by atoms with Gasteiger partial charge in [0, 0.05) is 16.8 Å². The van der Waals surface area contributed by atoms with Gasteiger partial charge in [0.15, 0.2) is 17.3 Å². The Bertz CT molecular complexity index is 619. The van der Waals surface area contributed by atoms with Crippen LogP contribution in [-0.2, 0) is 0 Å². The smallest absolute Gasteiger partial charge is 0.161 e. The summed E-state index contributed by atoms with van der Waals surface area (Å²) in [6, 6.07) is 5.03. The van der Waals surface area contributed by atoms with Crippen LogP contribution >= 0.6 is 11.6 Å². The molecule has 0 fully saturated rings. The number of nitrogens with zero attached hydrogens (tertiary/aromatic N) is 2. The van der Waals surface area contributed by atoms with Crippen LogP contribution in [0.15, 0.2) is 18.2 Å². The Balaban J connectivity index is 2.51. The summed E-state index contributed by atoms with van der Waals surface area (Å²) < 4.78 is 5.02. The van der Waals surface area contributed by atoms with E-state index in [9.17, 15) is 5.11 Å². The summed E-state index contributed by atoms with van der Waals surface area (Å²) in [5.74, 6) is 1.22. The third-order valence-electron chi connectivity index (χ3n) is 3.10. The molecule has 106 valence electrons. The number of hydrogen-bond acceptors (Lipinski definition) is 4. The van der Waals surface area contributed by atoms with Crippen LogP contribution in [0.5, 0.6) is 11.5 Å². The number of halogens is 1. The van der Waals surface area contributed by atoms with Crippen molar-refractivity contribution in [2.45, 2.75) is 26.7 Å². The van der Waals surface area contributed by atoms with Gasteiger partial charge in [-0.25, -0.2) is 9.97 Å². The minimum atomic E-state index is 0.0512. The predicted molar refractivity (Wildman–Crippen MR) is 79.5 cm³/mol. The Kier molecular flexibility index (Phi) is 4.14. The molecule has 0 saturated carbocycles. The molecule has 20 heavy (non-hydrogen) atoms. The van der Waals surface area contributed by atoms with Crippen LogP contribution in [0.3, 0.4) is 0 Å². The highest BCUT2D eigenvalue weighted by Crippen LogP contribution is 2.32. The predicted octanol–water partition coefficient (Wildman–Crippen LogP) is 3.94. The summed E-state index contributed by atoms with van der Waals surface area (Å²) in [4.78, 5) is 8.80. The van der Waals surface area contributed by atoms with Gasteiger partial charge in [0.05, 0.1) is 7.11 Å². The topological polar surface area (TPSA) is 55.2 Å². The molecule has 0 atom stereocenters. The molecule has 0 spiro atoms. The lowest BCUT2D eigenvalue weighted by Gasteiger charge is -2.12. The molecule has 0 saturated heterocycles. The molecule has 1 heterocycles. The molecular weight excluding hydrogens is 276 g/mol. The molecule has 0 amide bonds. The van der Waals surface area contributed by atoms with E-state index in [1.807, 2.05) is 6.92 Å². The van der Waals surface area contributed by atoms with Gasteiger partial charge in [-0.1, -0.05) is 25.4 Å². The Morgan fingerprint density at radius 2 is 1.95 bits per heavy atom. The molecule has 2 aromatic rings. The molecule has 0 aliphatic heterocycles. The molecule has 4 nitrogen and oxygen atoms in total. The van der Waals surface area contributed by atoms with Crippen LogP contribution in [0, 0.1) is 6.92 Å². The van der Waals surface area contributed by atoms with Crippen molar-refractivity contribution in [1.29, 1.82) is 0 Å². The number of benzene rings is 1. The molecule has 1 aromatic heterocycles. The van der Waals surface area contributed by atoms with Gasteiger partial charge in [-0.2, -0.15) is 0 Å². The van der Waals surface area contributed by atoms with Gasteiger partial charge in [-0.3, -0.25) is 0 Å². The lowest BCUT2D eigenvalue weighted by atomic mass is 10.0. The number of aryl methyl sites for hydroxylation is 1. The zero-order valence-electron chi connectivity index (χ0n) is 11.9. The number of aromatic nitrogens is 2. The zero-order valence-corrected chi connectivity index (χ0v) is 12.7. The van der Waals surface area contributed by atoms with Crippen molar-refractivity contribution in [1.82, 2.24) is 9.97 Å². The Labute approximate surface area is 123 Å². The monoisotopic (exact) mass is 292 g/mol. The molecule has 5 heteroatoms. The van der Waals surface area contributed by atoms with Crippen LogP contribution in [0.2, 0.25) is 5.15 Å². The van der Waals surface area contributed by atoms with Gasteiger partial charge in [0.2, 0.25) is 0 Å². The standard InChI is InChI=1S/C15H17ClN2O2/c1-8(2)13-9(3)17-15(18-14(13)16)10-5-6-12(20-4)11(19)7-10/h5-8,19H,1-4H3. The first-order valence-electron chi connectivity index (χ1n) is 6.35. The fraction of sp³-hybridized carbons (Fsp3) is 0.333. The quantitative estimate of drug-likeness (QED) is 0.871. The summed E-state index contributed by atoms with van der Waals surface area (Å²) >= 11 is 6.24. The molecule has 1 aromatic carbocycles. The van der Waals surface area contributed by atoms with E-state index in [4.69, 9.17) is 16.3 Å². The zero-order chi connectivity index (χ0) is 14.9. The van der Waals surface area contributed by atoms with Crippen LogP contribution in [-0.4, -0.2) is 22.2 Å². The van der Waals surface area contributed by atoms with Gasteiger partial charge < -0.3 is 9.84 Å². The molecule has 0 bridgehead atoms. The lowest BCUT2D eigenvalue weighted by Crippen LogP contribution is -2.02. The highest BCUT2D eigenvalue weighted by atomic mass is 35.5. The first kappa shape index (κ1) is 14.6. The lowest BCUT2D eigenvalue weighted by molar-refractivity contribution is 0.373. The van der Waals surface area contributed by atoms with Gasteiger partial charge in [-0.15, -0.1) is 0 Å². The molecular formula is C15H17ClN2O2. The maximum absolute atomic E-state index is 9.82. The summed E-state index contributed by atoms with van der Waals surface area (Å²) in [5.41, 5.74) is 2.50. The van der Waals surface area contributed by atoms with Gasteiger partial charge >= 0.3 is 0 Å². The van der Waals surface area contributed by atoms with Crippen LogP contribution in [0.1, 0.15) is 31.0 Å². The largest absolute Gasteiger partial charge is 0.504 e. The van der Waals surface area contributed by atoms with Crippen LogP contribution < -0.4 is 4.74 Å². The Morgan fingerprint density at radius 1 is 1.25 bits per heavy atom. The van der Waals surface area contributed by atoms with Crippen molar-refractivity contribution in [3.8, 4) is 22.9 Å². The number of methoxy groups -OCH3 is 1. The summed E-state index contributed by atoms with van der Waals surface area (Å²) in [6.45, 7) is 6.02. The Morgan fingerprint density at radius 3 is 2.45 bits per heavy atom. The number of aromatic hydroxyl groups is 1. The van der Waals surface area contributed by atoms with E-state index >= 15 is 0 Å². The second-order valence-electron chi connectivity index (χ2n) is 4.88. The number of phenolic OH excluding ortho intramolecular Hbond substituents is 1. The second kappa shape index (κ2) is 5.67. The summed E-state index contributed by atoms with van der Waals surface area (Å²) in [5, 5.41) is 10.3. The molecule has 0 radical (unpaired) electrons. The van der Waals surface area contributed by atoms with E-state index < -0.39 is 0 Å². The minimum absolute atomic E-state index is 0.0512. The number of ether oxygens (including phenoxy) is 1. The van der Waals surface area contributed by atoms with Crippen molar-refractivity contribution in [2.24, 2.45) is 0 Å². The van der Waals surface area contributed by atoms with Crippen molar-refractivity contribution < 1.29 is 9.84 Å². The minimum Gasteiger partial charge on any atom is -0.504 e. The number of hydrogen-bond donors (Lipinski definition) is 1. The normalized spacial score (nSPS) is 10.9. The molecule has 0 aliphatic rings. The van der Waals surface area contributed by atoms with Crippen molar-refractivity contribution in [2.75, 3.05) is 7.11 Å². The van der Waals surface area contributed by atoms with E-state index in [1.165, 1.54) is 7.11 Å². The third kappa shape index (κ3) is 2.70. The molecule has 2 rings (SSSR count). The highest BCUT2D eigenvalue weighted by molar-refractivity contribution is 6.30. The van der Waals surface area contributed by atoms with E-state index in [1.54, 1.807) is 18.2 Å². The van der Waals surface area contributed by atoms with Gasteiger partial charge in [0.25, 0.3) is 0 Å². The molecule has 1 N–H and O–H groups in total. The third-order valence-corrected chi connectivity index (χ3v) is 3.39. The molecule has 0 unspecified atom stereocenters. The number of phenols is 1. The first-order chi connectivity index (χ1) is 9.43. The van der Waals surface area contributed by atoms with Crippen molar-refractivity contribution >= 4 is 11.6 Å². The van der Waals surface area contributed by atoms with E-state index in [2.05, 4.69) is 23.8 Å². The average Bonchev–Trinajstić information content (AvgIpc) is 2.37. The maximum Gasteiger partial charge on any atom is 0.161 e. The fourth-order valence-corrected chi connectivity index (χ4v) is 2.60. The first-order valence-corrected chi connectivity index (χ1v) is 6.73. The van der Waals surface area contributed by atoms with E-state index in [0.29, 0.717) is 22.3 Å². The fourth-order valence-electron chi connectivity index (χ4n) is 2.16. The SMILES string of the molecule is COc1ccc(-c2nc(C)c(C(C)C)c(Cl)n2)cc1O. The van der Waals surface area contributed by atoms with Crippen LogP contribution in [0.4, 0.5) is 0 Å².